The van der Waals surface area contributed by atoms with Gasteiger partial charge in [0, 0.05) is 12.2 Å². The number of hydrogen-bond donors (Lipinski definition) is 0. The summed E-state index contributed by atoms with van der Waals surface area (Å²) in [4.78, 5) is 15.2. The molecule has 0 aliphatic carbocycles. The Bertz CT molecular complexity index is 772. The van der Waals surface area contributed by atoms with Crippen LogP contribution in [0.2, 0.25) is 0 Å². The van der Waals surface area contributed by atoms with Crippen molar-refractivity contribution in [3.05, 3.63) is 47.3 Å². The van der Waals surface area contributed by atoms with E-state index in [2.05, 4.69) is 38.0 Å². The molecule has 1 aromatic heterocycles. The maximum Gasteiger partial charge on any atom is 0.257 e. The number of likely N-dealkylation sites (tertiary alicyclic amines) is 1. The monoisotopic (exact) mass is 355 g/mol. The average molecular weight is 355 g/mol. The molecule has 1 amide bonds. The number of aromatic nitrogens is 2. The second-order valence-electron chi connectivity index (χ2n) is 7.88. The van der Waals surface area contributed by atoms with Gasteiger partial charge in [-0.05, 0) is 65.2 Å². The maximum absolute atomic E-state index is 13.2. The number of amides is 1. The summed E-state index contributed by atoms with van der Waals surface area (Å²) in [6, 6.07) is 8.25. The summed E-state index contributed by atoms with van der Waals surface area (Å²) in [7, 11) is 0. The molecule has 5 heteroatoms. The zero-order valence-electron chi connectivity index (χ0n) is 16.5. The first kappa shape index (κ1) is 18.5. The molecule has 0 spiro atoms. The predicted molar refractivity (Wildman–Crippen MR) is 103 cm³/mol. The van der Waals surface area contributed by atoms with Gasteiger partial charge in [-0.3, -0.25) is 9.48 Å². The van der Waals surface area contributed by atoms with E-state index in [0.717, 1.165) is 30.8 Å². The van der Waals surface area contributed by atoms with E-state index in [1.54, 1.807) is 6.20 Å². The van der Waals surface area contributed by atoms with Gasteiger partial charge in [0.1, 0.15) is 5.75 Å². The van der Waals surface area contributed by atoms with Gasteiger partial charge in [0.15, 0.2) is 0 Å². The van der Waals surface area contributed by atoms with Crippen molar-refractivity contribution in [1.82, 2.24) is 14.7 Å². The summed E-state index contributed by atoms with van der Waals surface area (Å²) in [5.41, 5.74) is 2.67. The first-order valence-corrected chi connectivity index (χ1v) is 9.41. The van der Waals surface area contributed by atoms with Crippen LogP contribution in [-0.4, -0.2) is 33.7 Å². The van der Waals surface area contributed by atoms with Gasteiger partial charge in [0.05, 0.1) is 29.9 Å². The molecule has 140 valence electrons. The second-order valence-corrected chi connectivity index (χ2v) is 7.88. The molecule has 1 atom stereocenters. The second kappa shape index (κ2) is 7.14. The van der Waals surface area contributed by atoms with Gasteiger partial charge < -0.3 is 9.64 Å². The third kappa shape index (κ3) is 3.48. The molecule has 2 heterocycles. The van der Waals surface area contributed by atoms with Crippen LogP contribution in [0.1, 0.15) is 68.2 Å². The van der Waals surface area contributed by atoms with Gasteiger partial charge in [0.25, 0.3) is 5.91 Å². The Kier molecular flexibility index (Phi) is 5.08. The highest BCUT2D eigenvalue weighted by molar-refractivity contribution is 5.95. The molecule has 1 aromatic carbocycles. The summed E-state index contributed by atoms with van der Waals surface area (Å²) < 4.78 is 7.46. The first-order chi connectivity index (χ1) is 12.3. The number of rotatable bonds is 4. The summed E-state index contributed by atoms with van der Waals surface area (Å²) in [5, 5.41) is 4.46. The van der Waals surface area contributed by atoms with Gasteiger partial charge in [-0.2, -0.15) is 5.10 Å². The number of hydrogen-bond acceptors (Lipinski definition) is 3. The van der Waals surface area contributed by atoms with Crippen LogP contribution in [0.5, 0.6) is 5.75 Å². The van der Waals surface area contributed by atoms with E-state index in [1.165, 1.54) is 5.56 Å². The Hall–Kier alpha value is -2.30. The van der Waals surface area contributed by atoms with E-state index in [0.29, 0.717) is 12.2 Å². The molecule has 2 aromatic rings. The highest BCUT2D eigenvalue weighted by Gasteiger charge is 2.33. The van der Waals surface area contributed by atoms with Crippen LogP contribution in [0, 0.1) is 6.92 Å². The van der Waals surface area contributed by atoms with Crippen LogP contribution in [0.3, 0.4) is 0 Å². The van der Waals surface area contributed by atoms with Gasteiger partial charge in [-0.15, -0.1) is 0 Å². The Morgan fingerprint density at radius 1 is 1.27 bits per heavy atom. The van der Waals surface area contributed by atoms with Crippen molar-refractivity contribution >= 4 is 5.91 Å². The lowest BCUT2D eigenvalue weighted by atomic mass is 10.0. The van der Waals surface area contributed by atoms with Crippen LogP contribution in [0.25, 0.3) is 0 Å². The summed E-state index contributed by atoms with van der Waals surface area (Å²) in [6.45, 7) is 11.7. The normalized spacial score (nSPS) is 17.6. The molecule has 1 saturated heterocycles. The minimum Gasteiger partial charge on any atom is -0.494 e. The highest BCUT2D eigenvalue weighted by atomic mass is 16.5. The number of nitrogens with zero attached hydrogens (tertiary/aromatic N) is 3. The fraction of sp³-hybridized carbons (Fsp3) is 0.524. The van der Waals surface area contributed by atoms with Crippen molar-refractivity contribution in [2.45, 2.75) is 59.0 Å². The van der Waals surface area contributed by atoms with Crippen molar-refractivity contribution in [3.63, 3.8) is 0 Å². The standard InChI is InChI=1S/C21H29N3O2/c1-6-26-17-11-9-16(10-12-17)19-8-7-13-23(19)20(25)18-14-22-24(15(18)2)21(3,4)5/h9-12,14,19H,6-8,13H2,1-5H3/t19-/m1/s1. The molecule has 0 N–H and O–H groups in total. The highest BCUT2D eigenvalue weighted by Crippen LogP contribution is 2.34. The average Bonchev–Trinajstić information content (AvgIpc) is 3.21. The summed E-state index contributed by atoms with van der Waals surface area (Å²) >= 11 is 0. The third-order valence-electron chi connectivity index (χ3n) is 4.97. The number of carbonyl (C=O) groups excluding carboxylic acids is 1. The minimum absolute atomic E-state index is 0.0781. The van der Waals surface area contributed by atoms with Crippen molar-refractivity contribution in [2.24, 2.45) is 0 Å². The van der Waals surface area contributed by atoms with E-state index in [1.807, 2.05) is 35.6 Å². The molecule has 26 heavy (non-hydrogen) atoms. The molecular weight excluding hydrogens is 326 g/mol. The largest absolute Gasteiger partial charge is 0.494 e. The molecule has 1 fully saturated rings. The van der Waals surface area contributed by atoms with E-state index in [9.17, 15) is 4.79 Å². The number of benzene rings is 1. The van der Waals surface area contributed by atoms with E-state index >= 15 is 0 Å². The van der Waals surface area contributed by atoms with Crippen LogP contribution < -0.4 is 4.74 Å². The van der Waals surface area contributed by atoms with Crippen molar-refractivity contribution < 1.29 is 9.53 Å². The minimum atomic E-state index is -0.137. The van der Waals surface area contributed by atoms with E-state index in [-0.39, 0.29) is 17.5 Å². The van der Waals surface area contributed by atoms with Gasteiger partial charge >= 0.3 is 0 Å². The smallest absolute Gasteiger partial charge is 0.257 e. The fourth-order valence-corrected chi connectivity index (χ4v) is 3.76. The molecule has 0 unspecified atom stereocenters. The zero-order chi connectivity index (χ0) is 18.9. The summed E-state index contributed by atoms with van der Waals surface area (Å²) in [6.07, 6.45) is 3.73. The first-order valence-electron chi connectivity index (χ1n) is 9.41. The molecule has 0 radical (unpaired) electrons. The van der Waals surface area contributed by atoms with E-state index < -0.39 is 0 Å². The molecule has 3 rings (SSSR count). The van der Waals surface area contributed by atoms with Crippen LogP contribution >= 0.6 is 0 Å². The van der Waals surface area contributed by atoms with Crippen molar-refractivity contribution in [2.75, 3.05) is 13.2 Å². The van der Waals surface area contributed by atoms with Crippen LogP contribution in [0.15, 0.2) is 30.5 Å². The third-order valence-corrected chi connectivity index (χ3v) is 4.97. The Morgan fingerprint density at radius 3 is 2.54 bits per heavy atom. The number of ether oxygens (including phenoxy) is 1. The molecule has 1 aliphatic heterocycles. The Balaban J connectivity index is 1.84. The zero-order valence-corrected chi connectivity index (χ0v) is 16.5. The SMILES string of the molecule is CCOc1ccc([C@H]2CCCN2C(=O)c2cnn(C(C)(C)C)c2C)cc1. The lowest BCUT2D eigenvalue weighted by molar-refractivity contribution is 0.0734. The molecular formula is C21H29N3O2. The lowest BCUT2D eigenvalue weighted by Crippen LogP contribution is -2.31. The maximum atomic E-state index is 13.2. The van der Waals surface area contributed by atoms with Crippen molar-refractivity contribution in [1.29, 1.82) is 0 Å². The van der Waals surface area contributed by atoms with Gasteiger partial charge in [-0.25, -0.2) is 0 Å². The van der Waals surface area contributed by atoms with Crippen LogP contribution in [-0.2, 0) is 5.54 Å². The fourth-order valence-electron chi connectivity index (χ4n) is 3.76. The molecule has 0 bridgehead atoms. The van der Waals surface area contributed by atoms with Gasteiger partial charge in [-0.1, -0.05) is 12.1 Å². The van der Waals surface area contributed by atoms with Crippen LogP contribution in [0.4, 0.5) is 0 Å². The Labute approximate surface area is 156 Å². The Morgan fingerprint density at radius 2 is 1.96 bits per heavy atom. The quantitative estimate of drug-likeness (QED) is 0.820. The van der Waals surface area contributed by atoms with E-state index in [4.69, 9.17) is 4.74 Å². The molecule has 0 saturated carbocycles. The van der Waals surface area contributed by atoms with Gasteiger partial charge in [0.2, 0.25) is 0 Å². The summed E-state index contributed by atoms with van der Waals surface area (Å²) in [5.74, 6) is 0.948. The molecule has 5 nitrogen and oxygen atoms in total. The lowest BCUT2D eigenvalue weighted by Gasteiger charge is -2.26. The number of carbonyl (C=O) groups is 1. The molecule has 1 aliphatic rings. The topological polar surface area (TPSA) is 47.4 Å². The predicted octanol–water partition coefficient (Wildman–Crippen LogP) is 4.32. The van der Waals surface area contributed by atoms with Crippen molar-refractivity contribution in [3.8, 4) is 5.75 Å².